The summed E-state index contributed by atoms with van der Waals surface area (Å²) in [7, 11) is 1.40. The molecule has 6 nitrogen and oxygen atoms in total. The van der Waals surface area contributed by atoms with E-state index in [1.165, 1.54) is 42.5 Å². The molecule has 0 radical (unpaired) electrons. The minimum atomic E-state index is -4.52. The lowest BCUT2D eigenvalue weighted by Crippen LogP contribution is -2.30. The molecular weight excluding hydrogens is 490 g/mol. The number of nitrogens with zero attached hydrogens (tertiary/aromatic N) is 2. The van der Waals surface area contributed by atoms with Crippen LogP contribution in [0.5, 0.6) is 5.75 Å². The second-order valence-corrected chi connectivity index (χ2v) is 8.84. The van der Waals surface area contributed by atoms with E-state index in [-0.39, 0.29) is 53.1 Å². The van der Waals surface area contributed by atoms with Gasteiger partial charge < -0.3 is 15.0 Å². The largest absolute Gasteiger partial charge is 0.496 e. The van der Waals surface area contributed by atoms with Crippen LogP contribution in [-0.2, 0) is 4.79 Å². The summed E-state index contributed by atoms with van der Waals surface area (Å²) in [5.41, 5.74) is -0.119. The summed E-state index contributed by atoms with van der Waals surface area (Å²) in [6.45, 7) is 2.08. The number of nitrogens with one attached hydrogen (secondary N) is 1. The number of carbonyl (C=O) groups excluding carboxylic acids is 2. The number of hydrogen-bond donors (Lipinski definition) is 1. The van der Waals surface area contributed by atoms with Crippen molar-refractivity contribution < 1.29 is 31.9 Å². The molecule has 1 fully saturated rings. The minimum Gasteiger partial charge on any atom is -0.496 e. The lowest BCUT2D eigenvalue weighted by atomic mass is 10.0. The van der Waals surface area contributed by atoms with Crippen LogP contribution < -0.4 is 15.0 Å². The van der Waals surface area contributed by atoms with Crippen molar-refractivity contribution in [2.45, 2.75) is 32.4 Å². The van der Waals surface area contributed by atoms with Crippen molar-refractivity contribution in [2.75, 3.05) is 18.6 Å². The van der Waals surface area contributed by atoms with E-state index in [2.05, 4.69) is 10.3 Å². The first-order valence-electron chi connectivity index (χ1n) is 11.7. The van der Waals surface area contributed by atoms with Gasteiger partial charge in [0.05, 0.1) is 23.9 Å². The van der Waals surface area contributed by atoms with E-state index in [1.807, 2.05) is 0 Å². The Hall–Kier alpha value is -3.95. The highest BCUT2D eigenvalue weighted by molar-refractivity contribution is 6.05. The SMILES string of the molecule is COc1cccc(F)c1-c1cnc(C(=O)NC2=CC(C)CC=C(C(F)(F)F)C=C2)c(N2CCCC2=O)c1. The van der Waals surface area contributed by atoms with Gasteiger partial charge in [0, 0.05) is 30.4 Å². The number of benzene rings is 1. The maximum atomic E-state index is 14.7. The van der Waals surface area contributed by atoms with E-state index < -0.39 is 23.5 Å². The third-order valence-electron chi connectivity index (χ3n) is 6.13. The fraction of sp³-hybridized carbons (Fsp3) is 0.296. The van der Waals surface area contributed by atoms with Crippen LogP contribution in [0.15, 0.2) is 66.0 Å². The highest BCUT2D eigenvalue weighted by Crippen LogP contribution is 2.36. The van der Waals surface area contributed by atoms with E-state index in [4.69, 9.17) is 4.74 Å². The number of allylic oxidation sites excluding steroid dienone is 5. The number of ether oxygens (including phenoxy) is 1. The Bertz CT molecular complexity index is 1310. The van der Waals surface area contributed by atoms with Crippen LogP contribution in [-0.4, -0.2) is 36.6 Å². The van der Waals surface area contributed by atoms with Gasteiger partial charge in [-0.2, -0.15) is 13.2 Å². The van der Waals surface area contributed by atoms with Crippen molar-refractivity contribution >= 4 is 17.5 Å². The van der Waals surface area contributed by atoms with E-state index in [9.17, 15) is 27.2 Å². The first-order chi connectivity index (χ1) is 17.6. The Labute approximate surface area is 211 Å². The van der Waals surface area contributed by atoms with Crippen molar-refractivity contribution in [3.8, 4) is 16.9 Å². The Balaban J connectivity index is 1.72. The van der Waals surface area contributed by atoms with Crippen LogP contribution in [0.4, 0.5) is 23.2 Å². The van der Waals surface area contributed by atoms with E-state index in [1.54, 1.807) is 19.1 Å². The molecule has 10 heteroatoms. The zero-order valence-electron chi connectivity index (χ0n) is 20.2. The van der Waals surface area contributed by atoms with Crippen LogP contribution in [0.25, 0.3) is 11.1 Å². The Kier molecular flexibility index (Phi) is 7.47. The number of hydrogen-bond acceptors (Lipinski definition) is 4. The molecule has 1 aromatic heterocycles. The van der Waals surface area contributed by atoms with Gasteiger partial charge in [0.1, 0.15) is 11.6 Å². The Morgan fingerprint density at radius 3 is 2.70 bits per heavy atom. The number of halogens is 4. The third kappa shape index (κ3) is 5.73. The van der Waals surface area contributed by atoms with Crippen molar-refractivity contribution in [2.24, 2.45) is 5.92 Å². The second-order valence-electron chi connectivity index (χ2n) is 8.84. The number of rotatable bonds is 5. The molecule has 2 aromatic rings. The topological polar surface area (TPSA) is 71.5 Å². The molecule has 0 saturated carbocycles. The summed E-state index contributed by atoms with van der Waals surface area (Å²) in [5.74, 6) is -1.51. The summed E-state index contributed by atoms with van der Waals surface area (Å²) in [6, 6.07) is 5.84. The van der Waals surface area contributed by atoms with E-state index in [0.717, 1.165) is 12.2 Å². The molecule has 1 atom stereocenters. The van der Waals surface area contributed by atoms with Crippen molar-refractivity contribution in [3.05, 3.63) is 77.5 Å². The first-order valence-corrected chi connectivity index (χ1v) is 11.7. The average molecular weight is 516 g/mol. The number of aromatic nitrogens is 1. The van der Waals surface area contributed by atoms with Crippen molar-refractivity contribution in [1.82, 2.24) is 10.3 Å². The highest BCUT2D eigenvalue weighted by atomic mass is 19.4. The molecule has 2 aliphatic rings. The van der Waals surface area contributed by atoms with Gasteiger partial charge in [0.2, 0.25) is 5.91 Å². The quantitative estimate of drug-likeness (QED) is 0.517. The van der Waals surface area contributed by atoms with Gasteiger partial charge in [-0.1, -0.05) is 25.1 Å². The van der Waals surface area contributed by atoms with Gasteiger partial charge in [0.15, 0.2) is 5.69 Å². The van der Waals surface area contributed by atoms with Crippen LogP contribution in [0.1, 0.15) is 36.7 Å². The Morgan fingerprint density at radius 1 is 1.24 bits per heavy atom. The number of amides is 2. The van der Waals surface area contributed by atoms with Crippen molar-refractivity contribution in [1.29, 1.82) is 0 Å². The van der Waals surface area contributed by atoms with E-state index >= 15 is 0 Å². The van der Waals surface area contributed by atoms with Gasteiger partial charge in [-0.3, -0.25) is 9.59 Å². The lowest BCUT2D eigenvalue weighted by Gasteiger charge is -2.21. The maximum Gasteiger partial charge on any atom is 0.416 e. The van der Waals surface area contributed by atoms with Crippen LogP contribution in [0.3, 0.4) is 0 Å². The first kappa shape index (κ1) is 26.1. The van der Waals surface area contributed by atoms with Crippen LogP contribution in [0.2, 0.25) is 0 Å². The molecule has 4 rings (SSSR count). The second kappa shape index (κ2) is 10.6. The van der Waals surface area contributed by atoms with E-state index in [0.29, 0.717) is 18.5 Å². The molecule has 194 valence electrons. The summed E-state index contributed by atoms with van der Waals surface area (Å²) in [6.07, 6.45) is 2.64. The van der Waals surface area contributed by atoms with Gasteiger partial charge in [0.25, 0.3) is 5.91 Å². The van der Waals surface area contributed by atoms with Crippen molar-refractivity contribution in [3.63, 3.8) is 0 Å². The summed E-state index contributed by atoms with van der Waals surface area (Å²) >= 11 is 0. The molecule has 1 unspecified atom stereocenters. The zero-order chi connectivity index (χ0) is 26.7. The average Bonchev–Trinajstić information content (AvgIpc) is 3.26. The molecule has 1 N–H and O–H groups in total. The molecule has 1 saturated heterocycles. The number of methoxy groups -OCH3 is 1. The molecule has 1 aromatic carbocycles. The standard InChI is InChI=1S/C27H25F4N3O3/c1-16-8-9-18(27(29,30)31)10-11-19(13-16)33-26(36)25-21(34-12-4-7-23(34)35)14-17(15-32-25)24-20(28)5-3-6-22(24)37-2/h3,5-6,9-11,13-16H,4,7-8,12H2,1-2H3,(H,33,36). The zero-order valence-corrected chi connectivity index (χ0v) is 20.2. The minimum absolute atomic E-state index is 0.107. The molecule has 2 amide bonds. The smallest absolute Gasteiger partial charge is 0.416 e. The predicted molar refractivity (Wildman–Crippen MR) is 130 cm³/mol. The predicted octanol–water partition coefficient (Wildman–Crippen LogP) is 5.72. The fourth-order valence-corrected chi connectivity index (χ4v) is 4.30. The maximum absolute atomic E-state index is 14.7. The summed E-state index contributed by atoms with van der Waals surface area (Å²) in [4.78, 5) is 31.5. The lowest BCUT2D eigenvalue weighted by molar-refractivity contribution is -0.117. The van der Waals surface area contributed by atoms with Crippen LogP contribution in [0, 0.1) is 11.7 Å². The number of anilines is 1. The van der Waals surface area contributed by atoms with Gasteiger partial charge in [-0.05, 0) is 49.1 Å². The Morgan fingerprint density at radius 2 is 2.03 bits per heavy atom. The van der Waals surface area contributed by atoms with Gasteiger partial charge >= 0.3 is 6.18 Å². The molecule has 1 aliphatic heterocycles. The fourth-order valence-electron chi connectivity index (χ4n) is 4.30. The molecule has 0 bridgehead atoms. The number of alkyl halides is 3. The normalized spacial score (nSPS) is 18.2. The summed E-state index contributed by atoms with van der Waals surface area (Å²) < 4.78 is 59.8. The summed E-state index contributed by atoms with van der Waals surface area (Å²) in [5, 5.41) is 2.62. The molecule has 1 aliphatic carbocycles. The monoisotopic (exact) mass is 515 g/mol. The highest BCUT2D eigenvalue weighted by Gasteiger charge is 2.32. The van der Waals surface area contributed by atoms with Crippen LogP contribution >= 0.6 is 0 Å². The number of carbonyl (C=O) groups is 2. The molecular formula is C27H25F4N3O3. The third-order valence-corrected chi connectivity index (χ3v) is 6.13. The van der Waals surface area contributed by atoms with Gasteiger partial charge in [-0.15, -0.1) is 0 Å². The number of pyridine rings is 1. The van der Waals surface area contributed by atoms with Gasteiger partial charge in [-0.25, -0.2) is 9.37 Å². The molecule has 0 spiro atoms. The molecule has 2 heterocycles. The molecule has 37 heavy (non-hydrogen) atoms.